The summed E-state index contributed by atoms with van der Waals surface area (Å²) in [7, 11) is 0. The molecule has 88 valence electrons. The molecule has 0 aliphatic carbocycles. The van der Waals surface area contributed by atoms with Gasteiger partial charge in [-0.15, -0.1) is 0 Å². The molecule has 2 heterocycles. The van der Waals surface area contributed by atoms with Crippen LogP contribution in [0.1, 0.15) is 32.6 Å². The lowest BCUT2D eigenvalue weighted by Crippen LogP contribution is -2.42. The summed E-state index contributed by atoms with van der Waals surface area (Å²) in [4.78, 5) is 13.9. The van der Waals surface area contributed by atoms with Gasteiger partial charge in [0.05, 0.1) is 11.2 Å². The molecule has 1 aliphatic rings. The van der Waals surface area contributed by atoms with Gasteiger partial charge in [-0.25, -0.2) is 5.10 Å². The Labute approximate surface area is 99.6 Å². The molecule has 1 aromatic rings. The van der Waals surface area contributed by atoms with Crippen LogP contribution >= 0.6 is 11.6 Å². The Kier molecular flexibility index (Phi) is 3.49. The summed E-state index contributed by atoms with van der Waals surface area (Å²) < 4.78 is 0. The Morgan fingerprint density at radius 2 is 2.44 bits per heavy atom. The Morgan fingerprint density at radius 1 is 1.62 bits per heavy atom. The van der Waals surface area contributed by atoms with Crippen LogP contribution in [0, 0.1) is 0 Å². The maximum absolute atomic E-state index is 11.8. The highest BCUT2D eigenvalue weighted by Crippen LogP contribution is 2.28. The summed E-state index contributed by atoms with van der Waals surface area (Å²) in [5.41, 5.74) is 0.399. The van der Waals surface area contributed by atoms with E-state index in [-0.39, 0.29) is 5.56 Å². The number of nitrogens with one attached hydrogen (secondary N) is 1. The number of hydrogen-bond donors (Lipinski definition) is 1. The summed E-state index contributed by atoms with van der Waals surface area (Å²) in [6.45, 7) is 3.05. The zero-order valence-corrected chi connectivity index (χ0v) is 10.1. The third-order valence-electron chi connectivity index (χ3n) is 3.17. The Bertz CT molecular complexity index is 418. The van der Waals surface area contributed by atoms with E-state index in [0.717, 1.165) is 25.8 Å². The van der Waals surface area contributed by atoms with E-state index in [0.29, 0.717) is 16.8 Å². The van der Waals surface area contributed by atoms with Gasteiger partial charge in [-0.1, -0.05) is 18.5 Å². The second-order valence-corrected chi connectivity index (χ2v) is 4.55. The topological polar surface area (TPSA) is 49.0 Å². The van der Waals surface area contributed by atoms with E-state index in [2.05, 4.69) is 22.0 Å². The highest BCUT2D eigenvalue weighted by atomic mass is 35.5. The molecule has 4 nitrogen and oxygen atoms in total. The summed E-state index contributed by atoms with van der Waals surface area (Å²) in [5.74, 6) is 0. The van der Waals surface area contributed by atoms with Gasteiger partial charge in [-0.05, 0) is 25.7 Å². The highest BCUT2D eigenvalue weighted by Gasteiger charge is 2.24. The SMILES string of the molecule is CCC1CCCCN1c1c(Cl)cn[nH]c1=O. The molecule has 1 atom stereocenters. The largest absolute Gasteiger partial charge is 0.363 e. The fraction of sp³-hybridized carbons (Fsp3) is 0.636. The molecule has 1 fully saturated rings. The Morgan fingerprint density at radius 3 is 3.12 bits per heavy atom. The lowest BCUT2D eigenvalue weighted by atomic mass is 9.99. The maximum atomic E-state index is 11.8. The first-order valence-corrected chi connectivity index (χ1v) is 6.11. The number of halogens is 1. The van der Waals surface area contributed by atoms with Gasteiger partial charge in [0, 0.05) is 12.6 Å². The van der Waals surface area contributed by atoms with Crippen molar-refractivity contribution in [3.05, 3.63) is 21.6 Å². The fourth-order valence-electron chi connectivity index (χ4n) is 2.36. The molecule has 1 aliphatic heterocycles. The zero-order chi connectivity index (χ0) is 11.5. The predicted molar refractivity (Wildman–Crippen MR) is 65.1 cm³/mol. The average molecular weight is 242 g/mol. The predicted octanol–water partition coefficient (Wildman–Crippen LogP) is 2.19. The first-order valence-electron chi connectivity index (χ1n) is 5.74. The fourth-order valence-corrected chi connectivity index (χ4v) is 2.60. The second-order valence-electron chi connectivity index (χ2n) is 4.15. The molecule has 1 unspecified atom stereocenters. The third-order valence-corrected chi connectivity index (χ3v) is 3.45. The van der Waals surface area contributed by atoms with Crippen molar-refractivity contribution in [3.8, 4) is 0 Å². The lowest BCUT2D eigenvalue weighted by molar-refractivity contribution is 0.448. The number of hydrogen-bond acceptors (Lipinski definition) is 3. The quantitative estimate of drug-likeness (QED) is 0.864. The van der Waals surface area contributed by atoms with Gasteiger partial charge in [0.1, 0.15) is 5.69 Å². The molecule has 0 radical (unpaired) electrons. The van der Waals surface area contributed by atoms with Gasteiger partial charge >= 0.3 is 0 Å². The number of nitrogens with zero attached hydrogens (tertiary/aromatic N) is 2. The maximum Gasteiger partial charge on any atom is 0.289 e. The second kappa shape index (κ2) is 4.87. The third kappa shape index (κ3) is 2.07. The minimum Gasteiger partial charge on any atom is -0.363 e. The van der Waals surface area contributed by atoms with Crippen LogP contribution in [-0.4, -0.2) is 22.8 Å². The molecule has 0 saturated carbocycles. The van der Waals surface area contributed by atoms with Crippen LogP contribution in [-0.2, 0) is 0 Å². The number of rotatable bonds is 2. The molecule has 0 amide bonds. The molecule has 0 bridgehead atoms. The van der Waals surface area contributed by atoms with E-state index < -0.39 is 0 Å². The monoisotopic (exact) mass is 241 g/mol. The smallest absolute Gasteiger partial charge is 0.289 e. The number of piperidine rings is 1. The van der Waals surface area contributed by atoms with E-state index >= 15 is 0 Å². The molecule has 0 spiro atoms. The van der Waals surface area contributed by atoms with Crippen molar-refractivity contribution in [1.29, 1.82) is 0 Å². The lowest BCUT2D eigenvalue weighted by Gasteiger charge is -2.36. The molecule has 1 saturated heterocycles. The first-order chi connectivity index (χ1) is 7.74. The van der Waals surface area contributed by atoms with Crippen molar-refractivity contribution >= 4 is 17.3 Å². The van der Waals surface area contributed by atoms with Crippen LogP contribution in [0.15, 0.2) is 11.0 Å². The average Bonchev–Trinajstić information content (AvgIpc) is 2.29. The molecule has 1 aromatic heterocycles. The Hall–Kier alpha value is -1.03. The summed E-state index contributed by atoms with van der Waals surface area (Å²) in [6, 6.07) is 0.426. The van der Waals surface area contributed by atoms with Crippen LogP contribution < -0.4 is 10.5 Å². The van der Waals surface area contributed by atoms with Gasteiger partial charge in [-0.2, -0.15) is 5.10 Å². The van der Waals surface area contributed by atoms with Crippen molar-refractivity contribution in [2.75, 3.05) is 11.4 Å². The van der Waals surface area contributed by atoms with Crippen molar-refractivity contribution < 1.29 is 0 Å². The number of aromatic amines is 1. The van der Waals surface area contributed by atoms with Crippen LogP contribution in [0.2, 0.25) is 5.02 Å². The summed E-state index contributed by atoms with van der Waals surface area (Å²) in [5, 5.41) is 6.59. The minimum atomic E-state index is -0.187. The van der Waals surface area contributed by atoms with E-state index in [1.54, 1.807) is 0 Å². The van der Waals surface area contributed by atoms with E-state index in [4.69, 9.17) is 11.6 Å². The van der Waals surface area contributed by atoms with Crippen molar-refractivity contribution in [2.45, 2.75) is 38.6 Å². The highest BCUT2D eigenvalue weighted by molar-refractivity contribution is 6.33. The van der Waals surface area contributed by atoms with Crippen molar-refractivity contribution in [2.24, 2.45) is 0 Å². The summed E-state index contributed by atoms with van der Waals surface area (Å²) in [6.07, 6.45) is 6.02. The van der Waals surface area contributed by atoms with Gasteiger partial charge in [0.2, 0.25) is 0 Å². The minimum absolute atomic E-state index is 0.187. The van der Waals surface area contributed by atoms with Crippen LogP contribution in [0.4, 0.5) is 5.69 Å². The van der Waals surface area contributed by atoms with Gasteiger partial charge in [-0.3, -0.25) is 4.79 Å². The molecule has 2 rings (SSSR count). The molecular formula is C11H16ClN3O. The zero-order valence-electron chi connectivity index (χ0n) is 9.37. The summed E-state index contributed by atoms with van der Waals surface area (Å²) >= 11 is 6.06. The first kappa shape index (κ1) is 11.5. The molecule has 5 heteroatoms. The molecule has 16 heavy (non-hydrogen) atoms. The number of aromatic nitrogens is 2. The van der Waals surface area contributed by atoms with Gasteiger partial charge in [0.15, 0.2) is 0 Å². The molecule has 1 N–H and O–H groups in total. The molecule has 0 aromatic carbocycles. The number of H-pyrrole nitrogens is 1. The van der Waals surface area contributed by atoms with Gasteiger partial charge < -0.3 is 4.90 Å². The van der Waals surface area contributed by atoms with Crippen LogP contribution in [0.3, 0.4) is 0 Å². The Balaban J connectivity index is 2.38. The van der Waals surface area contributed by atoms with Gasteiger partial charge in [0.25, 0.3) is 5.56 Å². The van der Waals surface area contributed by atoms with E-state index in [9.17, 15) is 4.79 Å². The standard InChI is InChI=1S/C11H16ClN3O/c1-2-8-5-3-4-6-15(8)10-9(12)7-13-14-11(10)16/h7-8H,2-6H2,1H3,(H,14,16). The van der Waals surface area contributed by atoms with Crippen LogP contribution in [0.25, 0.3) is 0 Å². The van der Waals surface area contributed by atoms with Crippen LogP contribution in [0.5, 0.6) is 0 Å². The normalized spacial score (nSPS) is 21.1. The van der Waals surface area contributed by atoms with Crippen molar-refractivity contribution in [1.82, 2.24) is 10.2 Å². The molecular weight excluding hydrogens is 226 g/mol. The van der Waals surface area contributed by atoms with Crippen molar-refractivity contribution in [3.63, 3.8) is 0 Å². The van der Waals surface area contributed by atoms with E-state index in [1.165, 1.54) is 12.6 Å². The number of anilines is 1. The van der Waals surface area contributed by atoms with E-state index in [1.807, 2.05) is 0 Å².